The summed E-state index contributed by atoms with van der Waals surface area (Å²) in [5.74, 6) is 0.957. The normalized spacial score (nSPS) is 21.5. The maximum Gasteiger partial charge on any atom is 0.208 e. The highest BCUT2D eigenvalue weighted by molar-refractivity contribution is 5.80. The highest BCUT2D eigenvalue weighted by Crippen LogP contribution is 2.35. The van der Waals surface area contributed by atoms with Gasteiger partial charge in [0.25, 0.3) is 0 Å². The summed E-state index contributed by atoms with van der Waals surface area (Å²) in [7, 11) is 2.07. The number of guanidine groups is 1. The fraction of sp³-hybridized carbons (Fsp3) is 0.533. The Labute approximate surface area is 114 Å². The molecule has 0 radical (unpaired) electrons. The lowest BCUT2D eigenvalue weighted by Crippen LogP contribution is -2.45. The fourth-order valence-electron chi connectivity index (χ4n) is 3.10. The molecule has 4 nitrogen and oxygen atoms in total. The number of aryl methyl sites for hydroxylation is 2. The Hall–Kier alpha value is -1.55. The van der Waals surface area contributed by atoms with E-state index in [-0.39, 0.29) is 0 Å². The van der Waals surface area contributed by atoms with Crippen LogP contribution in [0.1, 0.15) is 34.7 Å². The van der Waals surface area contributed by atoms with Crippen molar-refractivity contribution >= 4 is 5.96 Å². The lowest BCUT2D eigenvalue weighted by atomic mass is 9.98. The Morgan fingerprint density at radius 3 is 2.79 bits per heavy atom. The smallest absolute Gasteiger partial charge is 0.208 e. The minimum atomic E-state index is 0.395. The Morgan fingerprint density at radius 2 is 2.05 bits per heavy atom. The first kappa shape index (κ1) is 12.5. The van der Waals surface area contributed by atoms with E-state index < -0.39 is 0 Å². The van der Waals surface area contributed by atoms with Crippen LogP contribution < -0.4 is 10.9 Å². The van der Waals surface area contributed by atoms with E-state index in [1.54, 1.807) is 0 Å². The predicted octanol–water partition coefficient (Wildman–Crippen LogP) is 1.69. The standard InChI is InChI=1S/C15H22N4/c1-10-4-5-11(2)14-12(10)6-7-13(14)17-18-15-16-8-9-19(15)3/h4-5,13,17H,6-9H2,1-3H3,(H,16,18). The minimum Gasteiger partial charge on any atom is -0.343 e. The van der Waals surface area contributed by atoms with Gasteiger partial charge in [0.1, 0.15) is 0 Å². The molecule has 102 valence electrons. The molecule has 1 unspecified atom stereocenters. The Morgan fingerprint density at radius 1 is 1.26 bits per heavy atom. The van der Waals surface area contributed by atoms with Gasteiger partial charge in [0.15, 0.2) is 0 Å². The van der Waals surface area contributed by atoms with E-state index in [9.17, 15) is 0 Å². The number of nitrogens with zero attached hydrogens (tertiary/aromatic N) is 2. The second-order valence-electron chi connectivity index (χ2n) is 5.58. The SMILES string of the molecule is Cc1ccc(C)c2c1CCC2NNC1=NCCN1C. The van der Waals surface area contributed by atoms with Gasteiger partial charge in [-0.3, -0.25) is 10.4 Å². The molecule has 19 heavy (non-hydrogen) atoms. The van der Waals surface area contributed by atoms with Crippen LogP contribution in [0.5, 0.6) is 0 Å². The molecule has 2 N–H and O–H groups in total. The summed E-state index contributed by atoms with van der Waals surface area (Å²) in [4.78, 5) is 6.59. The van der Waals surface area contributed by atoms with Crippen LogP contribution in [-0.2, 0) is 6.42 Å². The Balaban J connectivity index is 1.74. The molecule has 0 bridgehead atoms. The van der Waals surface area contributed by atoms with Gasteiger partial charge in [-0.2, -0.15) is 0 Å². The summed E-state index contributed by atoms with van der Waals surface area (Å²) >= 11 is 0. The van der Waals surface area contributed by atoms with Gasteiger partial charge >= 0.3 is 0 Å². The molecule has 0 amide bonds. The average Bonchev–Trinajstić information content (AvgIpc) is 2.98. The molecule has 1 aromatic rings. The molecule has 1 aromatic carbocycles. The molecule has 1 heterocycles. The molecule has 1 aliphatic heterocycles. The molecule has 1 atom stereocenters. The predicted molar refractivity (Wildman–Crippen MR) is 78.2 cm³/mol. The van der Waals surface area contributed by atoms with Crippen molar-refractivity contribution in [1.29, 1.82) is 0 Å². The quantitative estimate of drug-likeness (QED) is 0.793. The zero-order valence-electron chi connectivity index (χ0n) is 12.0. The van der Waals surface area contributed by atoms with Crippen molar-refractivity contribution in [3.8, 4) is 0 Å². The van der Waals surface area contributed by atoms with Gasteiger partial charge in [-0.25, -0.2) is 5.43 Å². The van der Waals surface area contributed by atoms with E-state index in [0.29, 0.717) is 6.04 Å². The molecule has 2 aliphatic rings. The highest BCUT2D eigenvalue weighted by Gasteiger charge is 2.26. The number of likely N-dealkylation sites (N-methyl/N-ethyl adjacent to an activating group) is 1. The summed E-state index contributed by atoms with van der Waals surface area (Å²) in [6.07, 6.45) is 2.33. The van der Waals surface area contributed by atoms with Gasteiger partial charge < -0.3 is 4.90 Å². The minimum absolute atomic E-state index is 0.395. The van der Waals surface area contributed by atoms with Crippen molar-refractivity contribution in [2.45, 2.75) is 32.7 Å². The van der Waals surface area contributed by atoms with Crippen LogP contribution in [0.3, 0.4) is 0 Å². The Bertz CT molecular complexity index is 521. The van der Waals surface area contributed by atoms with Crippen molar-refractivity contribution in [2.75, 3.05) is 20.1 Å². The molecular weight excluding hydrogens is 236 g/mol. The zero-order chi connectivity index (χ0) is 13.4. The molecule has 0 saturated carbocycles. The molecule has 4 heteroatoms. The van der Waals surface area contributed by atoms with Crippen LogP contribution >= 0.6 is 0 Å². The summed E-state index contributed by atoms with van der Waals surface area (Å²) < 4.78 is 0. The van der Waals surface area contributed by atoms with E-state index >= 15 is 0 Å². The third-order valence-corrected chi connectivity index (χ3v) is 4.26. The largest absolute Gasteiger partial charge is 0.343 e. The van der Waals surface area contributed by atoms with Gasteiger partial charge in [0.2, 0.25) is 5.96 Å². The second kappa shape index (κ2) is 4.85. The summed E-state index contributed by atoms with van der Waals surface area (Å²) in [5, 5.41) is 0. The number of rotatable bonds is 2. The molecular formula is C15H22N4. The topological polar surface area (TPSA) is 39.7 Å². The van der Waals surface area contributed by atoms with Gasteiger partial charge in [0.05, 0.1) is 12.6 Å². The van der Waals surface area contributed by atoms with Crippen LogP contribution in [0.4, 0.5) is 0 Å². The highest BCUT2D eigenvalue weighted by atomic mass is 15.5. The maximum absolute atomic E-state index is 4.44. The van der Waals surface area contributed by atoms with Gasteiger partial charge in [-0.05, 0) is 48.9 Å². The van der Waals surface area contributed by atoms with Crippen LogP contribution in [0.25, 0.3) is 0 Å². The van der Waals surface area contributed by atoms with Gasteiger partial charge in [0, 0.05) is 13.6 Å². The van der Waals surface area contributed by atoms with Crippen molar-refractivity contribution in [3.05, 3.63) is 34.4 Å². The zero-order valence-corrected chi connectivity index (χ0v) is 12.0. The number of benzene rings is 1. The fourth-order valence-corrected chi connectivity index (χ4v) is 3.10. The average molecular weight is 258 g/mol. The molecule has 0 spiro atoms. The summed E-state index contributed by atoms with van der Waals surface area (Å²) in [5.41, 5.74) is 12.6. The second-order valence-corrected chi connectivity index (χ2v) is 5.58. The van der Waals surface area contributed by atoms with Crippen molar-refractivity contribution in [3.63, 3.8) is 0 Å². The summed E-state index contributed by atoms with van der Waals surface area (Å²) in [6, 6.07) is 4.86. The van der Waals surface area contributed by atoms with E-state index in [4.69, 9.17) is 0 Å². The van der Waals surface area contributed by atoms with Gasteiger partial charge in [-0.15, -0.1) is 0 Å². The number of nitrogens with one attached hydrogen (secondary N) is 2. The molecule has 0 saturated heterocycles. The molecule has 0 aromatic heterocycles. The van der Waals surface area contributed by atoms with Gasteiger partial charge in [-0.1, -0.05) is 12.1 Å². The molecule has 0 fully saturated rings. The van der Waals surface area contributed by atoms with E-state index in [2.05, 4.69) is 53.8 Å². The first-order valence-electron chi connectivity index (χ1n) is 7.03. The van der Waals surface area contributed by atoms with Crippen LogP contribution in [0.15, 0.2) is 17.1 Å². The monoisotopic (exact) mass is 258 g/mol. The van der Waals surface area contributed by atoms with E-state index in [0.717, 1.165) is 25.5 Å². The number of aliphatic imine (C=N–C) groups is 1. The number of hydrogen-bond donors (Lipinski definition) is 2. The molecule has 1 aliphatic carbocycles. The lowest BCUT2D eigenvalue weighted by Gasteiger charge is -2.21. The van der Waals surface area contributed by atoms with Crippen LogP contribution in [0, 0.1) is 13.8 Å². The number of hydrogen-bond acceptors (Lipinski definition) is 4. The van der Waals surface area contributed by atoms with Crippen molar-refractivity contribution in [2.24, 2.45) is 4.99 Å². The first-order chi connectivity index (χ1) is 9.16. The lowest BCUT2D eigenvalue weighted by molar-refractivity contribution is 0.461. The van der Waals surface area contributed by atoms with Crippen molar-refractivity contribution in [1.82, 2.24) is 15.8 Å². The summed E-state index contributed by atoms with van der Waals surface area (Å²) in [6.45, 7) is 6.31. The molecule has 3 rings (SSSR count). The number of fused-ring (bicyclic) bond motifs is 1. The number of hydrazine groups is 1. The van der Waals surface area contributed by atoms with E-state index in [1.165, 1.54) is 28.7 Å². The Kier molecular flexibility index (Phi) is 3.19. The van der Waals surface area contributed by atoms with Crippen LogP contribution in [0.2, 0.25) is 0 Å². The maximum atomic E-state index is 4.44. The third kappa shape index (κ3) is 2.21. The van der Waals surface area contributed by atoms with E-state index in [1.807, 2.05) is 0 Å². The van der Waals surface area contributed by atoms with Crippen LogP contribution in [-0.4, -0.2) is 31.0 Å². The third-order valence-electron chi connectivity index (χ3n) is 4.26. The first-order valence-corrected chi connectivity index (χ1v) is 7.03. The van der Waals surface area contributed by atoms with Crippen molar-refractivity contribution < 1.29 is 0 Å².